The summed E-state index contributed by atoms with van der Waals surface area (Å²) in [7, 11) is 3.10. The molecule has 5 nitrogen and oxygen atoms in total. The molecule has 0 aromatic heterocycles. The zero-order valence-corrected chi connectivity index (χ0v) is 17.2. The third-order valence-electron chi connectivity index (χ3n) is 4.94. The number of anilines is 1. The average molecular weight is 370 g/mol. The van der Waals surface area contributed by atoms with Crippen molar-refractivity contribution in [3.05, 3.63) is 30.3 Å². The van der Waals surface area contributed by atoms with E-state index in [9.17, 15) is 0 Å². The second-order valence-electron chi connectivity index (χ2n) is 6.28. The highest BCUT2D eigenvalue weighted by atomic mass is 28.4. The molecule has 6 heteroatoms. The summed E-state index contributed by atoms with van der Waals surface area (Å²) >= 11 is 0. The molecule has 1 aromatic carbocycles. The highest BCUT2D eigenvalue weighted by Crippen LogP contribution is 2.42. The van der Waals surface area contributed by atoms with Crippen LogP contribution in [0.25, 0.3) is 0 Å². The van der Waals surface area contributed by atoms with Crippen molar-refractivity contribution >= 4 is 14.2 Å². The lowest BCUT2D eigenvalue weighted by Gasteiger charge is -2.48. The van der Waals surface area contributed by atoms with E-state index in [-0.39, 0.29) is 11.8 Å². The maximum Gasteiger partial charge on any atom is 0.370 e. The van der Waals surface area contributed by atoms with Gasteiger partial charge in [0.05, 0.1) is 0 Å². The van der Waals surface area contributed by atoms with Gasteiger partial charge in [-0.15, -0.1) is 0 Å². The first-order valence-electron chi connectivity index (χ1n) is 9.19. The quantitative estimate of drug-likeness (QED) is 0.540. The van der Waals surface area contributed by atoms with Crippen molar-refractivity contribution in [3.63, 3.8) is 0 Å². The lowest BCUT2D eigenvalue weighted by atomic mass is 10.1. The Kier molecular flexibility index (Phi) is 10.3. The third-order valence-corrected chi connectivity index (χ3v) is 9.36. The largest absolute Gasteiger partial charge is 0.397 e. The van der Waals surface area contributed by atoms with Crippen LogP contribution >= 0.6 is 0 Å². The Bertz CT molecular complexity index is 456. The van der Waals surface area contributed by atoms with Crippen molar-refractivity contribution in [2.24, 2.45) is 0 Å². The summed E-state index contributed by atoms with van der Waals surface area (Å²) in [6, 6.07) is 11.3. The minimum atomic E-state index is -2.29. The van der Waals surface area contributed by atoms with E-state index < -0.39 is 8.56 Å². The van der Waals surface area contributed by atoms with Crippen LogP contribution in [0.2, 0.25) is 6.04 Å². The molecule has 144 valence electrons. The molecule has 1 saturated heterocycles. The first-order chi connectivity index (χ1) is 12.1. The van der Waals surface area contributed by atoms with Gasteiger partial charge in [0.1, 0.15) is 5.22 Å². The molecule has 1 aromatic rings. The van der Waals surface area contributed by atoms with E-state index in [1.54, 1.807) is 21.1 Å². The van der Waals surface area contributed by atoms with Crippen molar-refractivity contribution in [3.8, 4) is 0 Å². The van der Waals surface area contributed by atoms with E-state index in [4.69, 9.17) is 18.7 Å². The highest BCUT2D eigenvalue weighted by Gasteiger charge is 2.58. The SMILES string of the molecule is CCO.COC1(CCCNc2ccccc2)CCCC[Si]1(OC)OC. The van der Waals surface area contributed by atoms with Gasteiger partial charge in [0.25, 0.3) is 0 Å². The topological polar surface area (TPSA) is 60.0 Å². The van der Waals surface area contributed by atoms with Gasteiger partial charge in [-0.1, -0.05) is 31.0 Å². The summed E-state index contributed by atoms with van der Waals surface area (Å²) in [5.41, 5.74) is 1.17. The standard InChI is InChI=1S/C17H29NO3Si.C2H6O/c1-19-17(12-7-8-15-22(17,20-2)21-3)13-9-14-18-16-10-5-4-6-11-16;1-2-3/h4-6,10-11,18H,7-9,12-15H2,1-3H3;3H,2H2,1H3. The maximum atomic E-state index is 7.57. The van der Waals surface area contributed by atoms with Gasteiger partial charge in [-0.05, 0) is 44.4 Å². The summed E-state index contributed by atoms with van der Waals surface area (Å²) in [5, 5.41) is 10.8. The zero-order valence-electron chi connectivity index (χ0n) is 16.2. The lowest BCUT2D eigenvalue weighted by molar-refractivity contribution is -0.0151. The Balaban J connectivity index is 0.000000970. The number of benzene rings is 1. The molecular weight excluding hydrogens is 334 g/mol. The Hall–Kier alpha value is -0.923. The van der Waals surface area contributed by atoms with Crippen molar-refractivity contribution < 1.29 is 18.7 Å². The molecule has 1 atom stereocenters. The van der Waals surface area contributed by atoms with Crippen LogP contribution in [0.5, 0.6) is 0 Å². The van der Waals surface area contributed by atoms with Gasteiger partial charge in [-0.25, -0.2) is 0 Å². The van der Waals surface area contributed by atoms with E-state index in [0.717, 1.165) is 31.9 Å². The average Bonchev–Trinajstić information content (AvgIpc) is 2.67. The Morgan fingerprint density at radius 3 is 2.32 bits per heavy atom. The fraction of sp³-hybridized carbons (Fsp3) is 0.684. The molecule has 1 unspecified atom stereocenters. The molecule has 0 radical (unpaired) electrons. The molecule has 1 aliphatic heterocycles. The molecule has 0 amide bonds. The summed E-state index contributed by atoms with van der Waals surface area (Å²) in [6.07, 6.45) is 5.45. The van der Waals surface area contributed by atoms with E-state index in [1.807, 2.05) is 25.3 Å². The van der Waals surface area contributed by atoms with Crippen molar-refractivity contribution in [1.82, 2.24) is 0 Å². The van der Waals surface area contributed by atoms with E-state index >= 15 is 0 Å². The maximum absolute atomic E-state index is 7.57. The number of para-hydroxylation sites is 1. The third kappa shape index (κ3) is 5.79. The highest BCUT2D eigenvalue weighted by molar-refractivity contribution is 6.70. The number of methoxy groups -OCH3 is 1. The molecule has 2 N–H and O–H groups in total. The number of rotatable bonds is 8. The number of nitrogens with one attached hydrogen (secondary N) is 1. The minimum Gasteiger partial charge on any atom is -0.397 e. The normalized spacial score (nSPS) is 22.0. The van der Waals surface area contributed by atoms with Crippen molar-refractivity contribution in [2.45, 2.75) is 50.3 Å². The molecule has 1 fully saturated rings. The van der Waals surface area contributed by atoms with E-state index in [0.29, 0.717) is 0 Å². The van der Waals surface area contributed by atoms with E-state index in [2.05, 4.69) is 17.4 Å². The number of ether oxygens (including phenoxy) is 1. The van der Waals surface area contributed by atoms with E-state index in [1.165, 1.54) is 18.5 Å². The first kappa shape index (κ1) is 22.1. The van der Waals surface area contributed by atoms with Gasteiger partial charge in [0.15, 0.2) is 0 Å². The van der Waals surface area contributed by atoms with Crippen molar-refractivity contribution in [1.29, 1.82) is 0 Å². The number of aliphatic hydroxyl groups excluding tert-OH is 1. The number of hydrogen-bond donors (Lipinski definition) is 2. The minimum absolute atomic E-state index is 0.215. The summed E-state index contributed by atoms with van der Waals surface area (Å²) in [5.74, 6) is 0. The Labute approximate surface area is 153 Å². The number of hydrogen-bond acceptors (Lipinski definition) is 5. The monoisotopic (exact) mass is 369 g/mol. The van der Waals surface area contributed by atoms with Crippen LogP contribution in [0.1, 0.15) is 39.0 Å². The Morgan fingerprint density at radius 2 is 1.76 bits per heavy atom. The van der Waals surface area contributed by atoms with Gasteiger partial charge in [-0.2, -0.15) is 0 Å². The molecule has 1 aliphatic rings. The molecule has 0 saturated carbocycles. The van der Waals surface area contributed by atoms with Crippen LogP contribution in [0, 0.1) is 0 Å². The van der Waals surface area contributed by atoms with Crippen LogP contribution < -0.4 is 5.32 Å². The first-order valence-corrected chi connectivity index (χ1v) is 11.2. The van der Waals surface area contributed by atoms with Crippen molar-refractivity contribution in [2.75, 3.05) is 39.8 Å². The summed E-state index contributed by atoms with van der Waals surface area (Å²) < 4.78 is 17.9. The lowest BCUT2D eigenvalue weighted by Crippen LogP contribution is -2.64. The molecule has 25 heavy (non-hydrogen) atoms. The van der Waals surface area contributed by atoms with Crippen LogP contribution in [0.3, 0.4) is 0 Å². The molecule has 1 heterocycles. The molecular formula is C19H35NO4Si. The van der Waals surface area contributed by atoms with Crippen LogP contribution in [0.4, 0.5) is 5.69 Å². The zero-order chi connectivity index (χ0) is 18.6. The smallest absolute Gasteiger partial charge is 0.370 e. The van der Waals surface area contributed by atoms with Crippen LogP contribution in [-0.4, -0.2) is 53.4 Å². The van der Waals surface area contributed by atoms with Gasteiger partial charge in [0.2, 0.25) is 0 Å². The fourth-order valence-corrected chi connectivity index (χ4v) is 7.60. The predicted octanol–water partition coefficient (Wildman–Crippen LogP) is 3.72. The van der Waals surface area contributed by atoms with Crippen LogP contribution in [0.15, 0.2) is 30.3 Å². The number of aliphatic hydroxyl groups is 1. The molecule has 0 aliphatic carbocycles. The fourth-order valence-electron chi connectivity index (χ4n) is 3.68. The predicted molar refractivity (Wildman–Crippen MR) is 105 cm³/mol. The van der Waals surface area contributed by atoms with Crippen LogP contribution in [-0.2, 0) is 13.6 Å². The summed E-state index contributed by atoms with van der Waals surface area (Å²) in [4.78, 5) is 0. The molecule has 2 rings (SSSR count). The van der Waals surface area contributed by atoms with Gasteiger partial charge < -0.3 is 24.0 Å². The second-order valence-corrected chi connectivity index (χ2v) is 10.0. The van der Waals surface area contributed by atoms with Gasteiger partial charge in [-0.3, -0.25) is 0 Å². The molecule has 0 spiro atoms. The second kappa shape index (κ2) is 11.6. The Morgan fingerprint density at radius 1 is 1.12 bits per heavy atom. The van der Waals surface area contributed by atoms with Gasteiger partial charge >= 0.3 is 8.56 Å². The molecule has 0 bridgehead atoms. The van der Waals surface area contributed by atoms with Gasteiger partial charge in [0, 0.05) is 40.2 Å². The summed E-state index contributed by atoms with van der Waals surface area (Å²) in [6.45, 7) is 2.87.